The molecule has 0 radical (unpaired) electrons. The van der Waals surface area contributed by atoms with Gasteiger partial charge in [-0.1, -0.05) is 24.4 Å². The number of ether oxygens (including phenoxy) is 1. The SMILES string of the molecule is COc1cc(NCC2CCCC2)c(Cl)cc1C(=O)O. The molecule has 5 heteroatoms. The molecule has 2 N–H and O–H groups in total. The Morgan fingerprint density at radius 1 is 1.47 bits per heavy atom. The highest BCUT2D eigenvalue weighted by Crippen LogP contribution is 2.32. The van der Waals surface area contributed by atoms with Gasteiger partial charge in [0.25, 0.3) is 0 Å². The lowest BCUT2D eigenvalue weighted by Crippen LogP contribution is -2.12. The van der Waals surface area contributed by atoms with Crippen LogP contribution in [-0.2, 0) is 0 Å². The van der Waals surface area contributed by atoms with Crippen molar-refractivity contribution in [2.45, 2.75) is 25.7 Å². The van der Waals surface area contributed by atoms with Crippen molar-refractivity contribution in [3.05, 3.63) is 22.7 Å². The Kier molecular flexibility index (Phi) is 4.53. The topological polar surface area (TPSA) is 58.6 Å². The molecule has 0 saturated heterocycles. The van der Waals surface area contributed by atoms with Crippen molar-refractivity contribution >= 4 is 23.3 Å². The van der Waals surface area contributed by atoms with Crippen molar-refractivity contribution in [3.8, 4) is 5.75 Å². The highest BCUT2D eigenvalue weighted by Gasteiger charge is 2.17. The third-order valence-electron chi connectivity index (χ3n) is 3.58. The van der Waals surface area contributed by atoms with Crippen LogP contribution in [0.3, 0.4) is 0 Å². The van der Waals surface area contributed by atoms with E-state index in [1.165, 1.54) is 38.9 Å². The van der Waals surface area contributed by atoms with Crippen LogP contribution < -0.4 is 10.1 Å². The van der Waals surface area contributed by atoms with Gasteiger partial charge in [0.2, 0.25) is 0 Å². The van der Waals surface area contributed by atoms with Crippen molar-refractivity contribution in [3.63, 3.8) is 0 Å². The van der Waals surface area contributed by atoms with Gasteiger partial charge < -0.3 is 15.2 Å². The number of carboxylic acids is 1. The smallest absolute Gasteiger partial charge is 0.339 e. The molecule has 4 nitrogen and oxygen atoms in total. The fourth-order valence-electron chi connectivity index (χ4n) is 2.49. The molecule has 1 aromatic rings. The number of nitrogens with one attached hydrogen (secondary N) is 1. The van der Waals surface area contributed by atoms with Crippen LogP contribution in [0.5, 0.6) is 5.75 Å². The van der Waals surface area contributed by atoms with E-state index in [-0.39, 0.29) is 5.56 Å². The van der Waals surface area contributed by atoms with E-state index in [9.17, 15) is 4.79 Å². The summed E-state index contributed by atoms with van der Waals surface area (Å²) in [6, 6.07) is 3.08. The van der Waals surface area contributed by atoms with Gasteiger partial charge in [0, 0.05) is 12.6 Å². The second kappa shape index (κ2) is 6.15. The summed E-state index contributed by atoms with van der Waals surface area (Å²) in [5.74, 6) is -0.0341. The third-order valence-corrected chi connectivity index (χ3v) is 3.89. The fraction of sp³-hybridized carbons (Fsp3) is 0.500. The summed E-state index contributed by atoms with van der Waals surface area (Å²) in [4.78, 5) is 11.1. The van der Waals surface area contributed by atoms with Gasteiger partial charge in [-0.25, -0.2) is 4.79 Å². The first-order valence-corrected chi connectivity index (χ1v) is 6.84. The van der Waals surface area contributed by atoms with Crippen LogP contribution in [0.15, 0.2) is 12.1 Å². The average molecular weight is 284 g/mol. The molecule has 19 heavy (non-hydrogen) atoms. The number of hydrogen-bond acceptors (Lipinski definition) is 3. The van der Waals surface area contributed by atoms with Crippen LogP contribution in [0.2, 0.25) is 5.02 Å². The number of methoxy groups -OCH3 is 1. The van der Waals surface area contributed by atoms with Crippen LogP contribution in [-0.4, -0.2) is 24.7 Å². The monoisotopic (exact) mass is 283 g/mol. The van der Waals surface area contributed by atoms with Gasteiger partial charge in [-0.05, 0) is 24.8 Å². The lowest BCUT2D eigenvalue weighted by Gasteiger charge is -2.15. The molecule has 0 aliphatic heterocycles. The number of halogens is 1. The highest BCUT2D eigenvalue weighted by atomic mass is 35.5. The summed E-state index contributed by atoms with van der Waals surface area (Å²) in [6.07, 6.45) is 5.08. The van der Waals surface area contributed by atoms with E-state index in [0.29, 0.717) is 16.7 Å². The molecule has 1 aromatic carbocycles. The Morgan fingerprint density at radius 3 is 2.74 bits per heavy atom. The van der Waals surface area contributed by atoms with Gasteiger partial charge in [-0.2, -0.15) is 0 Å². The van der Waals surface area contributed by atoms with Crippen molar-refractivity contribution in [1.82, 2.24) is 0 Å². The van der Waals surface area contributed by atoms with E-state index in [1.807, 2.05) is 0 Å². The Balaban J connectivity index is 2.13. The van der Waals surface area contributed by atoms with Crippen LogP contribution >= 0.6 is 11.6 Å². The number of carbonyl (C=O) groups is 1. The van der Waals surface area contributed by atoms with E-state index < -0.39 is 5.97 Å². The lowest BCUT2D eigenvalue weighted by molar-refractivity contribution is 0.0693. The number of aromatic carboxylic acids is 1. The number of benzene rings is 1. The zero-order valence-corrected chi connectivity index (χ0v) is 11.7. The number of anilines is 1. The molecular formula is C14H18ClNO3. The van der Waals surface area contributed by atoms with Crippen molar-refractivity contribution < 1.29 is 14.6 Å². The van der Waals surface area contributed by atoms with E-state index in [0.717, 1.165) is 12.2 Å². The standard InChI is InChI=1S/C14H18ClNO3/c1-19-13-7-12(11(15)6-10(13)14(17)18)16-8-9-4-2-3-5-9/h6-7,9,16H,2-5,8H2,1H3,(H,17,18). The van der Waals surface area contributed by atoms with E-state index in [4.69, 9.17) is 21.4 Å². The first-order valence-electron chi connectivity index (χ1n) is 6.46. The number of carboxylic acid groups (broad SMARTS) is 1. The fourth-order valence-corrected chi connectivity index (χ4v) is 2.72. The van der Waals surface area contributed by atoms with Crippen molar-refractivity contribution in [2.24, 2.45) is 5.92 Å². The molecule has 2 rings (SSSR count). The molecule has 0 unspecified atom stereocenters. The minimum Gasteiger partial charge on any atom is -0.496 e. The summed E-state index contributed by atoms with van der Waals surface area (Å²) < 4.78 is 5.09. The number of rotatable bonds is 5. The van der Waals surface area contributed by atoms with Crippen LogP contribution in [0, 0.1) is 5.92 Å². The highest BCUT2D eigenvalue weighted by molar-refractivity contribution is 6.33. The Hall–Kier alpha value is -1.42. The Labute approximate surface area is 117 Å². The molecule has 1 saturated carbocycles. The van der Waals surface area contributed by atoms with Crippen molar-refractivity contribution in [2.75, 3.05) is 19.0 Å². The summed E-state index contributed by atoms with van der Waals surface area (Å²) >= 11 is 6.11. The van der Waals surface area contributed by atoms with Crippen LogP contribution in [0.1, 0.15) is 36.0 Å². The first kappa shape index (κ1) is 14.0. The molecule has 0 aromatic heterocycles. The minimum absolute atomic E-state index is 0.0823. The largest absolute Gasteiger partial charge is 0.496 e. The molecule has 0 spiro atoms. The molecule has 0 atom stereocenters. The Bertz CT molecular complexity index is 470. The van der Waals surface area contributed by atoms with E-state index in [2.05, 4.69) is 5.32 Å². The molecule has 0 heterocycles. The van der Waals surface area contributed by atoms with Gasteiger partial charge in [-0.3, -0.25) is 0 Å². The molecule has 0 amide bonds. The summed E-state index contributed by atoms with van der Waals surface area (Å²) in [6.45, 7) is 0.870. The van der Waals surface area contributed by atoms with E-state index >= 15 is 0 Å². The molecule has 0 bridgehead atoms. The normalized spacial score (nSPS) is 15.5. The van der Waals surface area contributed by atoms with Gasteiger partial charge in [0.1, 0.15) is 11.3 Å². The maximum absolute atomic E-state index is 11.1. The molecule has 104 valence electrons. The zero-order chi connectivity index (χ0) is 13.8. The zero-order valence-electron chi connectivity index (χ0n) is 10.9. The third kappa shape index (κ3) is 3.32. The predicted octanol–water partition coefficient (Wildman–Crippen LogP) is 3.65. The van der Waals surface area contributed by atoms with Gasteiger partial charge >= 0.3 is 5.97 Å². The molecule has 1 fully saturated rings. The second-order valence-electron chi connectivity index (χ2n) is 4.87. The minimum atomic E-state index is -1.04. The summed E-state index contributed by atoms with van der Waals surface area (Å²) in [5, 5.41) is 12.8. The molecule has 1 aliphatic rings. The van der Waals surface area contributed by atoms with E-state index in [1.54, 1.807) is 6.07 Å². The van der Waals surface area contributed by atoms with Crippen LogP contribution in [0.25, 0.3) is 0 Å². The Morgan fingerprint density at radius 2 is 2.16 bits per heavy atom. The maximum Gasteiger partial charge on any atom is 0.339 e. The second-order valence-corrected chi connectivity index (χ2v) is 5.28. The first-order chi connectivity index (χ1) is 9.11. The predicted molar refractivity (Wildman–Crippen MR) is 75.4 cm³/mol. The summed E-state index contributed by atoms with van der Waals surface area (Å²) in [7, 11) is 1.45. The number of hydrogen-bond donors (Lipinski definition) is 2. The van der Waals surface area contributed by atoms with Gasteiger partial charge in [-0.15, -0.1) is 0 Å². The van der Waals surface area contributed by atoms with Crippen molar-refractivity contribution in [1.29, 1.82) is 0 Å². The summed E-state index contributed by atoms with van der Waals surface area (Å²) in [5.41, 5.74) is 0.814. The quantitative estimate of drug-likeness (QED) is 0.866. The molecule has 1 aliphatic carbocycles. The molecular weight excluding hydrogens is 266 g/mol. The van der Waals surface area contributed by atoms with Crippen LogP contribution in [0.4, 0.5) is 5.69 Å². The van der Waals surface area contributed by atoms with Gasteiger partial charge in [0.05, 0.1) is 17.8 Å². The average Bonchev–Trinajstić information content (AvgIpc) is 2.90. The maximum atomic E-state index is 11.1. The lowest BCUT2D eigenvalue weighted by atomic mass is 10.1. The van der Waals surface area contributed by atoms with Gasteiger partial charge in [0.15, 0.2) is 0 Å².